The van der Waals surface area contributed by atoms with Crippen molar-refractivity contribution in [2.24, 2.45) is 0 Å². The van der Waals surface area contributed by atoms with E-state index in [1.54, 1.807) is 18.6 Å². The number of H-pyrrole nitrogens is 1. The lowest BCUT2D eigenvalue weighted by atomic mass is 10.0. The number of nitrogens with one attached hydrogen (secondary N) is 2. The Morgan fingerprint density at radius 3 is 2.89 bits per heavy atom. The van der Waals surface area contributed by atoms with Gasteiger partial charge in [0.2, 0.25) is 10.0 Å². The van der Waals surface area contributed by atoms with Gasteiger partial charge < -0.3 is 9.88 Å². The van der Waals surface area contributed by atoms with Crippen LogP contribution in [-0.4, -0.2) is 54.4 Å². The minimum absolute atomic E-state index is 0.286. The van der Waals surface area contributed by atoms with E-state index >= 15 is 0 Å². The molecule has 3 aromatic rings. The van der Waals surface area contributed by atoms with Gasteiger partial charge in [-0.15, -0.1) is 0 Å². The molecule has 4 rings (SSSR count). The molecule has 0 aliphatic carbocycles. The van der Waals surface area contributed by atoms with Gasteiger partial charge in [0.05, 0.1) is 11.7 Å². The number of piperidine rings is 1. The van der Waals surface area contributed by atoms with Crippen LogP contribution in [0.4, 0.5) is 18.9 Å². The summed E-state index contributed by atoms with van der Waals surface area (Å²) in [7, 11) is -4.44. The molecule has 0 spiro atoms. The zero-order chi connectivity index (χ0) is 19.9. The lowest BCUT2D eigenvalue weighted by Gasteiger charge is -2.35. The predicted octanol–water partition coefficient (Wildman–Crippen LogP) is 2.56. The van der Waals surface area contributed by atoms with Crippen molar-refractivity contribution in [1.82, 2.24) is 19.7 Å². The fourth-order valence-corrected chi connectivity index (χ4v) is 4.92. The number of aromatic nitrogens is 3. The number of fused-ring (bicyclic) bond motifs is 3. The summed E-state index contributed by atoms with van der Waals surface area (Å²) >= 11 is 0. The van der Waals surface area contributed by atoms with E-state index in [0.29, 0.717) is 25.0 Å². The van der Waals surface area contributed by atoms with Crippen molar-refractivity contribution in [1.29, 1.82) is 0 Å². The summed E-state index contributed by atoms with van der Waals surface area (Å²) in [4.78, 5) is 13.6. The molecule has 2 N–H and O–H groups in total. The van der Waals surface area contributed by atoms with Crippen molar-refractivity contribution in [3.05, 3.63) is 30.7 Å². The number of alkyl halides is 3. The number of pyridine rings is 2. The van der Waals surface area contributed by atoms with Gasteiger partial charge in [0.1, 0.15) is 0 Å². The zero-order valence-corrected chi connectivity index (χ0v) is 15.5. The fraction of sp³-hybridized carbons (Fsp3) is 0.412. The lowest BCUT2D eigenvalue weighted by molar-refractivity contribution is -0.106. The number of halogens is 3. The Balaban J connectivity index is 1.63. The van der Waals surface area contributed by atoms with Crippen LogP contribution in [0.2, 0.25) is 0 Å². The van der Waals surface area contributed by atoms with Gasteiger partial charge in [-0.1, -0.05) is 0 Å². The van der Waals surface area contributed by atoms with E-state index in [2.05, 4.69) is 19.7 Å². The van der Waals surface area contributed by atoms with Gasteiger partial charge in [0.25, 0.3) is 0 Å². The first-order valence-electron chi connectivity index (χ1n) is 8.74. The highest BCUT2D eigenvalue weighted by molar-refractivity contribution is 7.89. The molecule has 3 aromatic heterocycles. The number of rotatable bonds is 4. The second kappa shape index (κ2) is 6.89. The van der Waals surface area contributed by atoms with Crippen molar-refractivity contribution in [2.45, 2.75) is 25.1 Å². The van der Waals surface area contributed by atoms with Crippen LogP contribution in [0.15, 0.2) is 30.7 Å². The summed E-state index contributed by atoms with van der Waals surface area (Å²) in [5, 5.41) is 1.77. The summed E-state index contributed by atoms with van der Waals surface area (Å²) in [6.07, 6.45) is 1.49. The van der Waals surface area contributed by atoms with Gasteiger partial charge in [-0.2, -0.15) is 13.2 Å². The van der Waals surface area contributed by atoms with E-state index in [0.717, 1.165) is 22.0 Å². The highest BCUT2D eigenvalue weighted by atomic mass is 32.2. The smallest absolute Gasteiger partial charge is 0.369 e. The van der Waals surface area contributed by atoms with Crippen molar-refractivity contribution in [2.75, 3.05) is 23.7 Å². The third-order valence-electron chi connectivity index (χ3n) is 4.73. The Hall–Kier alpha value is -2.40. The molecule has 0 saturated carbocycles. The van der Waals surface area contributed by atoms with Crippen molar-refractivity contribution in [3.63, 3.8) is 0 Å². The minimum Gasteiger partial charge on any atom is -0.369 e. The summed E-state index contributed by atoms with van der Waals surface area (Å²) in [6.45, 7) is 0.961. The van der Waals surface area contributed by atoms with E-state index in [9.17, 15) is 21.6 Å². The van der Waals surface area contributed by atoms with Crippen molar-refractivity contribution in [3.8, 4) is 0 Å². The van der Waals surface area contributed by atoms with E-state index in [4.69, 9.17) is 0 Å². The molecule has 28 heavy (non-hydrogen) atoms. The fourth-order valence-electron chi connectivity index (χ4n) is 3.71. The molecule has 1 aliphatic rings. The average molecular weight is 413 g/mol. The second-order valence-electron chi connectivity index (χ2n) is 6.87. The van der Waals surface area contributed by atoms with Gasteiger partial charge in [0.15, 0.2) is 11.4 Å². The summed E-state index contributed by atoms with van der Waals surface area (Å²) < 4.78 is 63.4. The Morgan fingerprint density at radius 1 is 1.29 bits per heavy atom. The molecule has 11 heteroatoms. The monoisotopic (exact) mass is 413 g/mol. The van der Waals surface area contributed by atoms with Crippen molar-refractivity contribution >= 4 is 37.6 Å². The summed E-state index contributed by atoms with van der Waals surface area (Å²) in [5.74, 6) is -1.87. The van der Waals surface area contributed by atoms with Crippen molar-refractivity contribution < 1.29 is 21.6 Å². The number of hydrogen-bond acceptors (Lipinski definition) is 5. The van der Waals surface area contributed by atoms with E-state index in [1.165, 1.54) is 0 Å². The Morgan fingerprint density at radius 2 is 2.11 bits per heavy atom. The predicted molar refractivity (Wildman–Crippen MR) is 99.6 cm³/mol. The molecular weight excluding hydrogens is 395 g/mol. The molecule has 1 atom stereocenters. The van der Waals surface area contributed by atoms with E-state index in [-0.39, 0.29) is 6.54 Å². The standard InChI is InChI=1S/C17H18F3N5O2S/c18-17(19,20)10-28(26,27)24-11-2-1-7-25(9-11)14-4-6-21-13-8-23-16-12(15(13)14)3-5-22-16/h3-6,8,11,21,24H,1-2,7,9-10H2. The number of sulfonamides is 1. The number of hydrogen-bond donors (Lipinski definition) is 2. The first kappa shape index (κ1) is 18.9. The molecule has 0 aromatic carbocycles. The Bertz CT molecular complexity index is 1110. The molecule has 1 fully saturated rings. The normalized spacial score (nSPS) is 18.8. The third-order valence-corrected chi connectivity index (χ3v) is 6.13. The maximum atomic E-state index is 12.5. The average Bonchev–Trinajstić information content (AvgIpc) is 3.07. The maximum absolute atomic E-state index is 12.5. The van der Waals surface area contributed by atoms with E-state index < -0.39 is 28.0 Å². The molecule has 7 nitrogen and oxygen atoms in total. The van der Waals surface area contributed by atoms with Crippen LogP contribution in [0.3, 0.4) is 0 Å². The summed E-state index contributed by atoms with van der Waals surface area (Å²) in [5.41, 5.74) is 2.28. The molecule has 0 radical (unpaired) electrons. The largest absolute Gasteiger partial charge is 0.404 e. The lowest BCUT2D eigenvalue weighted by Crippen LogP contribution is -2.49. The quantitative estimate of drug-likeness (QED) is 0.686. The molecule has 1 unspecified atom stereocenters. The first-order chi connectivity index (χ1) is 13.2. The maximum Gasteiger partial charge on any atom is 0.404 e. The van der Waals surface area contributed by atoms with E-state index in [1.807, 2.05) is 17.0 Å². The second-order valence-corrected chi connectivity index (χ2v) is 8.62. The van der Waals surface area contributed by atoms with Crippen LogP contribution < -0.4 is 9.62 Å². The molecular formula is C17H18F3N5O2S. The van der Waals surface area contributed by atoms with Gasteiger partial charge in [-0.3, -0.25) is 0 Å². The molecule has 1 saturated heterocycles. The van der Waals surface area contributed by atoms with Gasteiger partial charge in [0, 0.05) is 48.0 Å². The van der Waals surface area contributed by atoms with Gasteiger partial charge in [-0.05, 0) is 25.0 Å². The molecule has 4 heterocycles. The van der Waals surface area contributed by atoms with Crippen LogP contribution in [0, 0.1) is 0 Å². The number of aromatic amines is 1. The highest BCUT2D eigenvalue weighted by Crippen LogP contribution is 2.32. The topological polar surface area (TPSA) is 91.0 Å². The third kappa shape index (κ3) is 3.90. The SMILES string of the molecule is O=S(=O)(CC(F)(F)F)NC1CCCN(c2cc[nH]c3cnc4nccc4c23)C1. The summed E-state index contributed by atoms with van der Waals surface area (Å²) in [6, 6.07) is 3.15. The minimum atomic E-state index is -4.77. The Labute approximate surface area is 159 Å². The van der Waals surface area contributed by atoms with Crippen LogP contribution in [0.25, 0.3) is 21.9 Å². The zero-order valence-electron chi connectivity index (χ0n) is 14.7. The molecule has 0 bridgehead atoms. The van der Waals surface area contributed by atoms with Crippen LogP contribution in [-0.2, 0) is 10.0 Å². The number of nitrogens with zero attached hydrogens (tertiary/aromatic N) is 3. The highest BCUT2D eigenvalue weighted by Gasteiger charge is 2.36. The van der Waals surface area contributed by atoms with Gasteiger partial charge in [-0.25, -0.2) is 23.1 Å². The van der Waals surface area contributed by atoms with Crippen LogP contribution in [0.1, 0.15) is 12.8 Å². The molecule has 1 aliphatic heterocycles. The van der Waals surface area contributed by atoms with Gasteiger partial charge >= 0.3 is 6.18 Å². The number of anilines is 1. The van der Waals surface area contributed by atoms with Crippen LogP contribution >= 0.6 is 0 Å². The Kier molecular flexibility index (Phi) is 4.66. The first-order valence-corrected chi connectivity index (χ1v) is 10.4. The molecule has 150 valence electrons. The van der Waals surface area contributed by atoms with Crippen LogP contribution in [0.5, 0.6) is 0 Å². The molecule has 0 amide bonds.